The highest BCUT2D eigenvalue weighted by molar-refractivity contribution is 6.41. The van der Waals surface area contributed by atoms with E-state index in [9.17, 15) is 0 Å². The third-order valence-electron chi connectivity index (χ3n) is 2.37. The van der Waals surface area contributed by atoms with E-state index in [0.29, 0.717) is 10.0 Å². The Kier molecular flexibility index (Phi) is 3.52. The highest BCUT2D eigenvalue weighted by atomic mass is 35.5. The number of pyridine rings is 1. The first-order chi connectivity index (χ1) is 7.74. The second-order valence-corrected chi connectivity index (χ2v) is 4.35. The molecule has 0 aliphatic heterocycles. The molecule has 2 nitrogen and oxygen atoms in total. The van der Waals surface area contributed by atoms with Crippen molar-refractivity contribution in [3.63, 3.8) is 0 Å². The quantitative estimate of drug-likeness (QED) is 0.881. The van der Waals surface area contributed by atoms with Crippen LogP contribution in [0.5, 0.6) is 0 Å². The Morgan fingerprint density at radius 1 is 1.19 bits per heavy atom. The summed E-state index contributed by atoms with van der Waals surface area (Å²) in [5, 5.41) is 6.45. The van der Waals surface area contributed by atoms with Crippen molar-refractivity contribution < 1.29 is 0 Å². The molecule has 0 bridgehead atoms. The zero-order valence-corrected chi connectivity index (χ0v) is 10.4. The van der Waals surface area contributed by atoms with Gasteiger partial charge in [0.25, 0.3) is 0 Å². The smallest absolute Gasteiger partial charge is 0.135 e. The van der Waals surface area contributed by atoms with Crippen LogP contribution in [0.1, 0.15) is 13.3 Å². The first-order valence-corrected chi connectivity index (χ1v) is 5.96. The van der Waals surface area contributed by atoms with Gasteiger partial charge >= 0.3 is 0 Å². The van der Waals surface area contributed by atoms with Crippen LogP contribution in [0.2, 0.25) is 10.0 Å². The molecule has 4 heteroatoms. The van der Waals surface area contributed by atoms with Gasteiger partial charge in [-0.1, -0.05) is 30.1 Å². The molecule has 1 heterocycles. The summed E-state index contributed by atoms with van der Waals surface area (Å²) in [5.74, 6) is 0.798. The van der Waals surface area contributed by atoms with Gasteiger partial charge in [0, 0.05) is 28.5 Å². The predicted molar refractivity (Wildman–Crippen MR) is 70.5 cm³/mol. The standard InChI is InChI=1S/C12H12Cl2N2/c1-2-6-15-12-11-8(5-7-16-12)9(13)3-4-10(11)14/h3-5,7H,2,6H2,1H3,(H,15,16). The Bertz CT molecular complexity index is 512. The van der Waals surface area contributed by atoms with Gasteiger partial charge in [0.2, 0.25) is 0 Å². The molecule has 1 aromatic heterocycles. The molecule has 0 aliphatic carbocycles. The Labute approximate surface area is 105 Å². The van der Waals surface area contributed by atoms with Gasteiger partial charge < -0.3 is 5.32 Å². The third-order valence-corrected chi connectivity index (χ3v) is 3.01. The van der Waals surface area contributed by atoms with Crippen LogP contribution in [0.25, 0.3) is 10.8 Å². The number of halogens is 2. The maximum absolute atomic E-state index is 6.17. The largest absolute Gasteiger partial charge is 0.370 e. The summed E-state index contributed by atoms with van der Waals surface area (Å²) in [7, 11) is 0. The summed E-state index contributed by atoms with van der Waals surface area (Å²) >= 11 is 12.3. The van der Waals surface area contributed by atoms with Gasteiger partial charge in [0.1, 0.15) is 5.82 Å². The Hall–Kier alpha value is -0.990. The molecule has 0 aliphatic rings. The van der Waals surface area contributed by atoms with Crippen molar-refractivity contribution in [2.45, 2.75) is 13.3 Å². The number of fused-ring (bicyclic) bond motifs is 1. The van der Waals surface area contributed by atoms with Gasteiger partial charge in [-0.3, -0.25) is 0 Å². The lowest BCUT2D eigenvalue weighted by Crippen LogP contribution is -2.02. The van der Waals surface area contributed by atoms with Crippen molar-refractivity contribution in [1.82, 2.24) is 4.98 Å². The van der Waals surface area contributed by atoms with Gasteiger partial charge in [-0.05, 0) is 24.6 Å². The fourth-order valence-electron chi connectivity index (χ4n) is 1.60. The number of rotatable bonds is 3. The van der Waals surface area contributed by atoms with Crippen LogP contribution < -0.4 is 5.32 Å². The van der Waals surface area contributed by atoms with E-state index in [4.69, 9.17) is 23.2 Å². The van der Waals surface area contributed by atoms with Crippen LogP contribution in [-0.4, -0.2) is 11.5 Å². The average Bonchev–Trinajstić information content (AvgIpc) is 2.31. The van der Waals surface area contributed by atoms with Gasteiger partial charge in [0.15, 0.2) is 0 Å². The van der Waals surface area contributed by atoms with Crippen LogP contribution in [0.3, 0.4) is 0 Å². The van der Waals surface area contributed by atoms with Crippen LogP contribution in [0.4, 0.5) is 5.82 Å². The lowest BCUT2D eigenvalue weighted by Gasteiger charge is -2.09. The maximum atomic E-state index is 6.17. The van der Waals surface area contributed by atoms with Crippen molar-refractivity contribution in [2.75, 3.05) is 11.9 Å². The normalized spacial score (nSPS) is 10.7. The second-order valence-electron chi connectivity index (χ2n) is 3.54. The summed E-state index contributed by atoms with van der Waals surface area (Å²) in [6.45, 7) is 2.97. The fourth-order valence-corrected chi connectivity index (χ4v) is 2.07. The lowest BCUT2D eigenvalue weighted by molar-refractivity contribution is 0.972. The van der Waals surface area contributed by atoms with Gasteiger partial charge in [-0.25, -0.2) is 4.98 Å². The van der Waals surface area contributed by atoms with E-state index in [1.807, 2.05) is 6.07 Å². The van der Waals surface area contributed by atoms with E-state index in [-0.39, 0.29) is 0 Å². The highest BCUT2D eigenvalue weighted by Gasteiger charge is 2.08. The number of hydrogen-bond donors (Lipinski definition) is 1. The number of benzene rings is 1. The van der Waals surface area contributed by atoms with Crippen molar-refractivity contribution in [1.29, 1.82) is 0 Å². The first-order valence-electron chi connectivity index (χ1n) is 5.20. The molecule has 84 valence electrons. The molecule has 0 radical (unpaired) electrons. The van der Waals surface area contributed by atoms with Crippen LogP contribution in [-0.2, 0) is 0 Å². The molecular weight excluding hydrogens is 243 g/mol. The van der Waals surface area contributed by atoms with E-state index >= 15 is 0 Å². The molecular formula is C12H12Cl2N2. The molecule has 0 amide bonds. The molecule has 1 N–H and O–H groups in total. The van der Waals surface area contributed by atoms with Crippen molar-refractivity contribution >= 4 is 39.8 Å². The summed E-state index contributed by atoms with van der Waals surface area (Å²) in [6, 6.07) is 5.47. The minimum Gasteiger partial charge on any atom is -0.370 e. The monoisotopic (exact) mass is 254 g/mol. The molecule has 0 saturated carbocycles. The van der Waals surface area contributed by atoms with Gasteiger partial charge in [-0.15, -0.1) is 0 Å². The second kappa shape index (κ2) is 4.89. The molecule has 0 unspecified atom stereocenters. The number of aromatic nitrogens is 1. The fraction of sp³-hybridized carbons (Fsp3) is 0.250. The van der Waals surface area contributed by atoms with E-state index < -0.39 is 0 Å². The first kappa shape index (κ1) is 11.5. The van der Waals surface area contributed by atoms with Crippen LogP contribution in [0, 0.1) is 0 Å². The van der Waals surface area contributed by atoms with Gasteiger partial charge in [-0.2, -0.15) is 0 Å². The Balaban J connectivity index is 2.61. The topological polar surface area (TPSA) is 24.9 Å². The van der Waals surface area contributed by atoms with Crippen molar-refractivity contribution in [3.8, 4) is 0 Å². The number of hydrogen-bond acceptors (Lipinski definition) is 2. The molecule has 0 fully saturated rings. The summed E-state index contributed by atoms with van der Waals surface area (Å²) in [4.78, 5) is 4.29. The van der Waals surface area contributed by atoms with Crippen molar-refractivity contribution in [2.24, 2.45) is 0 Å². The highest BCUT2D eigenvalue weighted by Crippen LogP contribution is 2.33. The lowest BCUT2D eigenvalue weighted by atomic mass is 10.1. The van der Waals surface area contributed by atoms with Crippen LogP contribution >= 0.6 is 23.2 Å². The third kappa shape index (κ3) is 2.08. The van der Waals surface area contributed by atoms with E-state index in [1.165, 1.54) is 0 Å². The summed E-state index contributed by atoms with van der Waals surface area (Å²) in [6.07, 6.45) is 2.78. The minimum atomic E-state index is 0.672. The number of nitrogens with one attached hydrogen (secondary N) is 1. The Morgan fingerprint density at radius 2 is 1.94 bits per heavy atom. The maximum Gasteiger partial charge on any atom is 0.135 e. The number of anilines is 1. The zero-order valence-electron chi connectivity index (χ0n) is 8.93. The summed E-state index contributed by atoms with van der Waals surface area (Å²) < 4.78 is 0. The van der Waals surface area contributed by atoms with E-state index in [0.717, 1.165) is 29.6 Å². The van der Waals surface area contributed by atoms with E-state index in [2.05, 4.69) is 17.2 Å². The number of nitrogens with zero attached hydrogens (tertiary/aromatic N) is 1. The molecule has 0 atom stereocenters. The summed E-state index contributed by atoms with van der Waals surface area (Å²) in [5.41, 5.74) is 0. The molecule has 2 rings (SSSR count). The average molecular weight is 255 g/mol. The molecule has 2 aromatic rings. The predicted octanol–water partition coefficient (Wildman–Crippen LogP) is 4.36. The molecule has 0 spiro atoms. The van der Waals surface area contributed by atoms with Gasteiger partial charge in [0.05, 0.1) is 5.02 Å². The Morgan fingerprint density at radius 3 is 2.69 bits per heavy atom. The van der Waals surface area contributed by atoms with Crippen molar-refractivity contribution in [3.05, 3.63) is 34.4 Å². The minimum absolute atomic E-state index is 0.672. The molecule has 1 aromatic carbocycles. The molecule has 16 heavy (non-hydrogen) atoms. The SMILES string of the molecule is CCCNc1nccc2c(Cl)ccc(Cl)c12. The van der Waals surface area contributed by atoms with Crippen LogP contribution in [0.15, 0.2) is 24.4 Å². The van der Waals surface area contributed by atoms with E-state index in [1.54, 1.807) is 18.3 Å². The molecule has 0 saturated heterocycles. The zero-order chi connectivity index (χ0) is 11.5.